The predicted molar refractivity (Wildman–Crippen MR) is 97.3 cm³/mol. The molecule has 1 aromatic carbocycles. The molecule has 1 amide bonds. The summed E-state index contributed by atoms with van der Waals surface area (Å²) in [5.74, 6) is 0.281. The Morgan fingerprint density at radius 3 is 2.83 bits per heavy atom. The Balaban J connectivity index is 1.85. The number of thiophene rings is 1. The topological polar surface area (TPSA) is 74.8 Å². The second-order valence-corrected chi connectivity index (χ2v) is 6.64. The molecule has 6 heteroatoms. The summed E-state index contributed by atoms with van der Waals surface area (Å²) in [7, 11) is 0. The molecule has 3 aromatic rings. The van der Waals surface area contributed by atoms with Crippen molar-refractivity contribution in [3.05, 3.63) is 52.6 Å². The average molecular weight is 341 g/mol. The number of H-pyrrole nitrogens is 1. The van der Waals surface area contributed by atoms with E-state index in [-0.39, 0.29) is 17.9 Å². The summed E-state index contributed by atoms with van der Waals surface area (Å²) in [5.41, 5.74) is 1.50. The van der Waals surface area contributed by atoms with Crippen LogP contribution < -0.4 is 10.9 Å². The van der Waals surface area contributed by atoms with Crippen LogP contribution in [0, 0.1) is 0 Å². The second-order valence-electron chi connectivity index (χ2n) is 5.58. The molecule has 0 spiro atoms. The smallest absolute Gasteiger partial charge is 0.268 e. The van der Waals surface area contributed by atoms with Gasteiger partial charge in [-0.3, -0.25) is 9.59 Å². The number of carbonyl (C=O) groups excluding carboxylic acids is 1. The van der Waals surface area contributed by atoms with Crippen molar-refractivity contribution in [2.24, 2.45) is 0 Å². The van der Waals surface area contributed by atoms with Gasteiger partial charge in [-0.25, -0.2) is 4.98 Å². The third-order valence-corrected chi connectivity index (χ3v) is 4.84. The zero-order valence-electron chi connectivity index (χ0n) is 13.5. The fourth-order valence-electron chi connectivity index (χ4n) is 2.44. The van der Waals surface area contributed by atoms with Gasteiger partial charge in [0.15, 0.2) is 0 Å². The van der Waals surface area contributed by atoms with Gasteiger partial charge in [0.05, 0.1) is 11.9 Å². The van der Waals surface area contributed by atoms with Gasteiger partial charge in [0.25, 0.3) is 5.56 Å². The molecule has 0 aliphatic carbocycles. The minimum Gasteiger partial charge on any atom is -0.356 e. The van der Waals surface area contributed by atoms with E-state index < -0.39 is 0 Å². The fourth-order valence-corrected chi connectivity index (χ4v) is 3.43. The van der Waals surface area contributed by atoms with Crippen molar-refractivity contribution < 1.29 is 4.79 Å². The number of fused-ring (bicyclic) bond motifs is 1. The van der Waals surface area contributed by atoms with E-state index in [4.69, 9.17) is 0 Å². The number of aromatic nitrogens is 2. The molecule has 0 aliphatic rings. The van der Waals surface area contributed by atoms with Gasteiger partial charge < -0.3 is 10.3 Å². The van der Waals surface area contributed by atoms with Gasteiger partial charge in [0.1, 0.15) is 10.5 Å². The lowest BCUT2D eigenvalue weighted by atomic mass is 10.2. The normalized spacial score (nSPS) is 10.9. The maximum atomic E-state index is 12.3. The molecular weight excluding hydrogens is 322 g/mol. The van der Waals surface area contributed by atoms with Gasteiger partial charge in [0.2, 0.25) is 5.91 Å². The number of carbonyl (C=O) groups is 1. The van der Waals surface area contributed by atoms with Crippen LogP contribution in [0.5, 0.6) is 0 Å². The molecule has 3 rings (SSSR count). The number of nitrogens with zero attached hydrogens (tertiary/aromatic N) is 1. The molecule has 5 nitrogen and oxygen atoms in total. The highest BCUT2D eigenvalue weighted by Gasteiger charge is 2.12. The zero-order valence-corrected chi connectivity index (χ0v) is 14.3. The van der Waals surface area contributed by atoms with Gasteiger partial charge in [-0.15, -0.1) is 11.3 Å². The van der Waals surface area contributed by atoms with Crippen LogP contribution in [-0.4, -0.2) is 22.4 Å². The van der Waals surface area contributed by atoms with E-state index in [1.807, 2.05) is 36.4 Å². The van der Waals surface area contributed by atoms with Crippen molar-refractivity contribution in [2.45, 2.75) is 26.2 Å². The molecule has 24 heavy (non-hydrogen) atoms. The average Bonchev–Trinajstić information content (AvgIpc) is 3.00. The number of nitrogens with one attached hydrogen (secondary N) is 2. The quantitative estimate of drug-likeness (QED) is 0.677. The van der Waals surface area contributed by atoms with E-state index in [1.165, 1.54) is 11.3 Å². The second kappa shape index (κ2) is 7.40. The van der Waals surface area contributed by atoms with E-state index >= 15 is 0 Å². The van der Waals surface area contributed by atoms with E-state index in [1.54, 1.807) is 0 Å². The molecule has 0 radical (unpaired) electrons. The molecule has 0 fully saturated rings. The van der Waals surface area contributed by atoms with E-state index in [0.29, 0.717) is 22.6 Å². The summed E-state index contributed by atoms with van der Waals surface area (Å²) < 4.78 is 0.587. The van der Waals surface area contributed by atoms with Crippen LogP contribution in [-0.2, 0) is 11.2 Å². The lowest BCUT2D eigenvalue weighted by Gasteiger charge is -2.03. The van der Waals surface area contributed by atoms with Crippen molar-refractivity contribution in [3.63, 3.8) is 0 Å². The van der Waals surface area contributed by atoms with Gasteiger partial charge in [-0.05, 0) is 18.1 Å². The Labute approximate surface area is 143 Å². The minimum absolute atomic E-state index is 0.0887. The Morgan fingerprint density at radius 2 is 2.08 bits per heavy atom. The van der Waals surface area contributed by atoms with Crippen molar-refractivity contribution in [1.29, 1.82) is 0 Å². The summed E-state index contributed by atoms with van der Waals surface area (Å²) >= 11 is 1.41. The first-order valence-electron chi connectivity index (χ1n) is 8.02. The van der Waals surface area contributed by atoms with E-state index in [2.05, 4.69) is 22.2 Å². The molecule has 2 aromatic heterocycles. The van der Waals surface area contributed by atoms with E-state index in [0.717, 1.165) is 23.3 Å². The molecular formula is C18H19N3O2S. The van der Waals surface area contributed by atoms with Crippen LogP contribution in [0.15, 0.2) is 41.2 Å². The summed E-state index contributed by atoms with van der Waals surface area (Å²) in [6, 6.07) is 11.8. The van der Waals surface area contributed by atoms with Gasteiger partial charge in [0, 0.05) is 11.4 Å². The first-order valence-corrected chi connectivity index (χ1v) is 8.84. The fraction of sp³-hybridized carbons (Fsp3) is 0.278. The van der Waals surface area contributed by atoms with Gasteiger partial charge in [-0.1, -0.05) is 43.7 Å². The lowest BCUT2D eigenvalue weighted by Crippen LogP contribution is -2.27. The van der Waals surface area contributed by atoms with Crippen LogP contribution in [0.2, 0.25) is 0 Å². The molecule has 0 saturated heterocycles. The van der Waals surface area contributed by atoms with Crippen molar-refractivity contribution in [1.82, 2.24) is 15.3 Å². The monoisotopic (exact) mass is 341 g/mol. The largest absolute Gasteiger partial charge is 0.356 e. The number of aromatic amines is 1. The van der Waals surface area contributed by atoms with Crippen LogP contribution in [0.1, 0.15) is 25.6 Å². The van der Waals surface area contributed by atoms with Crippen LogP contribution in [0.3, 0.4) is 0 Å². The van der Waals surface area contributed by atoms with Crippen LogP contribution in [0.25, 0.3) is 20.7 Å². The minimum atomic E-state index is -0.191. The van der Waals surface area contributed by atoms with Gasteiger partial charge in [-0.2, -0.15) is 0 Å². The molecule has 2 N–H and O–H groups in total. The number of amides is 1. The number of hydrogen-bond acceptors (Lipinski definition) is 4. The lowest BCUT2D eigenvalue weighted by molar-refractivity contribution is -0.120. The number of hydrogen-bond donors (Lipinski definition) is 2. The summed E-state index contributed by atoms with van der Waals surface area (Å²) in [4.78, 5) is 32.3. The maximum Gasteiger partial charge on any atom is 0.268 e. The van der Waals surface area contributed by atoms with Crippen LogP contribution >= 0.6 is 11.3 Å². The zero-order chi connectivity index (χ0) is 16.9. The Kier molecular flexibility index (Phi) is 5.05. The highest BCUT2D eigenvalue weighted by atomic mass is 32.1. The maximum absolute atomic E-state index is 12.3. The highest BCUT2D eigenvalue weighted by Crippen LogP contribution is 2.30. The SMILES string of the molecule is CCCCNC(=O)Cc1nc2cc(-c3ccccc3)sc2c(=O)[nH]1. The number of benzene rings is 1. The van der Waals surface area contributed by atoms with Crippen molar-refractivity contribution in [2.75, 3.05) is 6.54 Å². The van der Waals surface area contributed by atoms with Gasteiger partial charge >= 0.3 is 0 Å². The highest BCUT2D eigenvalue weighted by molar-refractivity contribution is 7.22. The summed E-state index contributed by atoms with van der Waals surface area (Å²) in [6.45, 7) is 2.72. The molecule has 0 unspecified atom stereocenters. The molecule has 0 atom stereocenters. The molecule has 2 heterocycles. The standard InChI is InChI=1S/C18H19N3O2S/c1-2-3-9-19-16(22)11-15-20-13-10-14(12-7-5-4-6-8-12)24-17(13)18(23)21-15/h4-8,10H,2-3,9,11H2,1H3,(H,19,22)(H,20,21,23). The number of rotatable bonds is 6. The van der Waals surface area contributed by atoms with Crippen LogP contribution in [0.4, 0.5) is 0 Å². The van der Waals surface area contributed by atoms with E-state index in [9.17, 15) is 9.59 Å². The van der Waals surface area contributed by atoms with Crippen molar-refractivity contribution >= 4 is 27.5 Å². The molecule has 0 saturated carbocycles. The Morgan fingerprint density at radius 1 is 1.29 bits per heavy atom. The Bertz CT molecular complexity index is 900. The summed E-state index contributed by atoms with van der Waals surface area (Å²) in [5, 5.41) is 2.83. The Hall–Kier alpha value is -2.47. The summed E-state index contributed by atoms with van der Waals surface area (Å²) in [6.07, 6.45) is 2.06. The third-order valence-electron chi connectivity index (χ3n) is 3.67. The first-order chi connectivity index (χ1) is 11.7. The molecule has 124 valence electrons. The number of unbranched alkanes of at least 4 members (excludes halogenated alkanes) is 1. The molecule has 0 aliphatic heterocycles. The molecule has 0 bridgehead atoms. The third kappa shape index (κ3) is 3.71. The first kappa shape index (κ1) is 16.4. The predicted octanol–water partition coefficient (Wildman–Crippen LogP) is 3.11. The van der Waals surface area contributed by atoms with Crippen molar-refractivity contribution in [3.8, 4) is 10.4 Å².